The molecule has 0 fully saturated rings. The summed E-state index contributed by atoms with van der Waals surface area (Å²) in [5.74, 6) is -0.601. The van der Waals surface area contributed by atoms with Crippen LogP contribution in [0.1, 0.15) is 23.0 Å². The van der Waals surface area contributed by atoms with Gasteiger partial charge in [0.15, 0.2) is 0 Å². The number of carbonyl (C=O) groups excluding carboxylic acids is 2. The first-order chi connectivity index (χ1) is 10.3. The minimum Gasteiger partial charge on any atom is -0.326 e. The Morgan fingerprint density at radius 2 is 1.91 bits per heavy atom. The van der Waals surface area contributed by atoms with E-state index >= 15 is 0 Å². The van der Waals surface area contributed by atoms with Crippen LogP contribution in [0.15, 0.2) is 18.2 Å². The fourth-order valence-corrected chi connectivity index (χ4v) is 2.46. The van der Waals surface area contributed by atoms with Crippen LogP contribution in [-0.2, 0) is 11.8 Å². The van der Waals surface area contributed by atoms with Gasteiger partial charge in [-0.25, -0.2) is 0 Å². The summed E-state index contributed by atoms with van der Waals surface area (Å²) < 4.78 is 1.42. The summed E-state index contributed by atoms with van der Waals surface area (Å²) in [7, 11) is 1.65. The molecule has 0 atom stereocenters. The van der Waals surface area contributed by atoms with Gasteiger partial charge >= 0.3 is 0 Å². The standard InChI is InChI=1S/C14H14Cl2N4O2/c1-7-12(13(16)20(3)19-7)14(22)18-11-5-4-9(6-10(11)15)17-8(2)21/h4-6H,1-3H3,(H,17,21)(H,18,22). The van der Waals surface area contributed by atoms with Gasteiger partial charge in [-0.3, -0.25) is 14.3 Å². The van der Waals surface area contributed by atoms with E-state index in [0.717, 1.165) is 0 Å². The van der Waals surface area contributed by atoms with Crippen LogP contribution in [0.2, 0.25) is 10.2 Å². The lowest BCUT2D eigenvalue weighted by Crippen LogP contribution is -2.13. The van der Waals surface area contributed by atoms with Crippen molar-refractivity contribution < 1.29 is 9.59 Å². The van der Waals surface area contributed by atoms with Crippen molar-refractivity contribution in [1.29, 1.82) is 0 Å². The molecule has 0 saturated carbocycles. The van der Waals surface area contributed by atoms with Crippen molar-refractivity contribution in [1.82, 2.24) is 9.78 Å². The number of halogens is 2. The van der Waals surface area contributed by atoms with Crippen molar-refractivity contribution in [3.63, 3.8) is 0 Å². The number of anilines is 2. The number of aryl methyl sites for hydroxylation is 2. The maximum absolute atomic E-state index is 12.3. The zero-order valence-electron chi connectivity index (χ0n) is 12.2. The minimum atomic E-state index is -0.398. The molecule has 2 N–H and O–H groups in total. The first-order valence-electron chi connectivity index (χ1n) is 6.37. The minimum absolute atomic E-state index is 0.203. The van der Waals surface area contributed by atoms with E-state index in [1.807, 2.05) is 0 Å². The van der Waals surface area contributed by atoms with Crippen LogP contribution < -0.4 is 10.6 Å². The topological polar surface area (TPSA) is 76.0 Å². The second-order valence-corrected chi connectivity index (χ2v) is 5.47. The van der Waals surface area contributed by atoms with Crippen LogP contribution >= 0.6 is 23.2 Å². The van der Waals surface area contributed by atoms with Crippen molar-refractivity contribution in [2.45, 2.75) is 13.8 Å². The zero-order valence-corrected chi connectivity index (χ0v) is 13.7. The molecule has 0 unspecified atom stereocenters. The van der Waals surface area contributed by atoms with E-state index < -0.39 is 5.91 Å². The van der Waals surface area contributed by atoms with Crippen LogP contribution in [0.3, 0.4) is 0 Å². The average Bonchev–Trinajstić information content (AvgIpc) is 2.66. The average molecular weight is 341 g/mol. The van der Waals surface area contributed by atoms with E-state index in [1.54, 1.807) is 32.2 Å². The van der Waals surface area contributed by atoms with Crippen LogP contribution in [0.25, 0.3) is 0 Å². The molecule has 2 aromatic rings. The molecule has 0 saturated heterocycles. The van der Waals surface area contributed by atoms with E-state index in [-0.39, 0.29) is 11.1 Å². The zero-order chi connectivity index (χ0) is 16.4. The maximum Gasteiger partial charge on any atom is 0.260 e. The molecule has 6 nitrogen and oxygen atoms in total. The summed E-state index contributed by atoms with van der Waals surface area (Å²) in [6.07, 6.45) is 0. The molecule has 116 valence electrons. The van der Waals surface area contributed by atoms with Crippen molar-refractivity contribution >= 4 is 46.4 Å². The molecule has 0 aliphatic carbocycles. The highest BCUT2D eigenvalue weighted by molar-refractivity contribution is 6.35. The van der Waals surface area contributed by atoms with Crippen molar-refractivity contribution in [2.24, 2.45) is 7.05 Å². The Hall–Kier alpha value is -2.05. The van der Waals surface area contributed by atoms with E-state index in [4.69, 9.17) is 23.2 Å². The number of benzene rings is 1. The SMILES string of the molecule is CC(=O)Nc1ccc(NC(=O)c2c(C)nn(C)c2Cl)c(Cl)c1. The van der Waals surface area contributed by atoms with Gasteiger partial charge in [-0.2, -0.15) is 5.10 Å². The number of aromatic nitrogens is 2. The number of rotatable bonds is 3. The van der Waals surface area contributed by atoms with E-state index in [0.29, 0.717) is 27.7 Å². The van der Waals surface area contributed by atoms with Gasteiger partial charge in [0.25, 0.3) is 5.91 Å². The van der Waals surface area contributed by atoms with Gasteiger partial charge in [-0.1, -0.05) is 23.2 Å². The predicted molar refractivity (Wildman–Crippen MR) is 86.7 cm³/mol. The fraction of sp³-hybridized carbons (Fsp3) is 0.214. The summed E-state index contributed by atoms with van der Waals surface area (Å²) >= 11 is 12.2. The third-order valence-corrected chi connectivity index (χ3v) is 3.66. The summed E-state index contributed by atoms with van der Waals surface area (Å²) in [5, 5.41) is 9.93. The third kappa shape index (κ3) is 3.40. The first-order valence-corrected chi connectivity index (χ1v) is 7.12. The van der Waals surface area contributed by atoms with Gasteiger partial charge in [0.2, 0.25) is 5.91 Å². The highest BCUT2D eigenvalue weighted by Crippen LogP contribution is 2.27. The molecule has 0 bridgehead atoms. The molecule has 1 aromatic carbocycles. The number of carbonyl (C=O) groups is 2. The maximum atomic E-state index is 12.3. The molecule has 2 rings (SSSR count). The molecular formula is C14H14Cl2N4O2. The summed E-state index contributed by atoms with van der Waals surface area (Å²) in [5.41, 5.74) is 1.79. The Morgan fingerprint density at radius 1 is 1.23 bits per heavy atom. The molecule has 0 radical (unpaired) electrons. The van der Waals surface area contributed by atoms with Crippen molar-refractivity contribution in [3.05, 3.63) is 39.6 Å². The Balaban J connectivity index is 2.23. The van der Waals surface area contributed by atoms with Gasteiger partial charge in [0.05, 0.1) is 22.0 Å². The molecule has 1 heterocycles. The molecule has 0 aliphatic heterocycles. The number of hydrogen-bond donors (Lipinski definition) is 2. The second kappa shape index (κ2) is 6.37. The lowest BCUT2D eigenvalue weighted by molar-refractivity contribution is -0.114. The Labute approximate surface area is 137 Å². The van der Waals surface area contributed by atoms with Crippen LogP contribution in [0.4, 0.5) is 11.4 Å². The monoisotopic (exact) mass is 340 g/mol. The Morgan fingerprint density at radius 3 is 2.41 bits per heavy atom. The molecule has 8 heteroatoms. The number of nitrogens with zero attached hydrogens (tertiary/aromatic N) is 2. The van der Waals surface area contributed by atoms with Crippen LogP contribution in [0.5, 0.6) is 0 Å². The van der Waals surface area contributed by atoms with Gasteiger partial charge < -0.3 is 10.6 Å². The Bertz CT molecular complexity index is 756. The summed E-state index contributed by atoms with van der Waals surface area (Å²) in [4.78, 5) is 23.3. The van der Waals surface area contributed by atoms with E-state index in [2.05, 4.69) is 15.7 Å². The highest BCUT2D eigenvalue weighted by atomic mass is 35.5. The molecule has 0 spiro atoms. The van der Waals surface area contributed by atoms with Crippen molar-refractivity contribution in [3.8, 4) is 0 Å². The predicted octanol–water partition coefficient (Wildman–Crippen LogP) is 3.25. The molecule has 1 aromatic heterocycles. The number of nitrogens with one attached hydrogen (secondary N) is 2. The fourth-order valence-electron chi connectivity index (χ4n) is 1.97. The summed E-state index contributed by atoms with van der Waals surface area (Å²) in [6.45, 7) is 3.10. The number of hydrogen-bond acceptors (Lipinski definition) is 3. The normalized spacial score (nSPS) is 10.4. The first kappa shape index (κ1) is 16.3. The Kier molecular flexibility index (Phi) is 4.73. The molecule has 22 heavy (non-hydrogen) atoms. The molecule has 2 amide bonds. The second-order valence-electron chi connectivity index (χ2n) is 4.70. The smallest absolute Gasteiger partial charge is 0.260 e. The van der Waals surface area contributed by atoms with Crippen LogP contribution in [-0.4, -0.2) is 21.6 Å². The van der Waals surface area contributed by atoms with Gasteiger partial charge in [-0.05, 0) is 25.1 Å². The van der Waals surface area contributed by atoms with Gasteiger partial charge in [0.1, 0.15) is 5.15 Å². The lowest BCUT2D eigenvalue weighted by Gasteiger charge is -2.09. The van der Waals surface area contributed by atoms with Crippen LogP contribution in [0, 0.1) is 6.92 Å². The largest absolute Gasteiger partial charge is 0.326 e. The summed E-state index contributed by atoms with van der Waals surface area (Å²) in [6, 6.07) is 4.79. The van der Waals surface area contributed by atoms with E-state index in [9.17, 15) is 9.59 Å². The number of amides is 2. The van der Waals surface area contributed by atoms with Gasteiger partial charge in [0, 0.05) is 19.7 Å². The quantitative estimate of drug-likeness (QED) is 0.900. The van der Waals surface area contributed by atoms with Crippen molar-refractivity contribution in [2.75, 3.05) is 10.6 Å². The van der Waals surface area contributed by atoms with Gasteiger partial charge in [-0.15, -0.1) is 0 Å². The molecular weight excluding hydrogens is 327 g/mol. The third-order valence-electron chi connectivity index (χ3n) is 2.92. The highest BCUT2D eigenvalue weighted by Gasteiger charge is 2.19. The lowest BCUT2D eigenvalue weighted by atomic mass is 10.2. The molecule has 0 aliphatic rings. The van der Waals surface area contributed by atoms with E-state index in [1.165, 1.54) is 11.6 Å².